The largest absolute Gasteiger partial charge is 0.338 e. The summed E-state index contributed by atoms with van der Waals surface area (Å²) in [6.45, 7) is 2.78. The fourth-order valence-electron chi connectivity index (χ4n) is 2.07. The predicted octanol–water partition coefficient (Wildman–Crippen LogP) is 0.507. The second-order valence-corrected chi connectivity index (χ2v) is 6.21. The van der Waals surface area contributed by atoms with E-state index in [1.807, 2.05) is 6.92 Å². The number of benzene rings is 1. The summed E-state index contributed by atoms with van der Waals surface area (Å²) >= 11 is 0. The van der Waals surface area contributed by atoms with E-state index in [0.717, 1.165) is 0 Å². The summed E-state index contributed by atoms with van der Waals surface area (Å²) in [5.74, 6) is 0. The summed E-state index contributed by atoms with van der Waals surface area (Å²) in [6.07, 6.45) is 0. The van der Waals surface area contributed by atoms with Crippen LogP contribution < -0.4 is 19.2 Å². The molecular formula is C12H18N4O3S. The highest BCUT2D eigenvalue weighted by atomic mass is 32.2. The Morgan fingerprint density at radius 2 is 1.85 bits per heavy atom. The molecule has 110 valence electrons. The fourth-order valence-corrected chi connectivity index (χ4v) is 3.49. The van der Waals surface area contributed by atoms with Crippen LogP contribution in [0.2, 0.25) is 0 Å². The van der Waals surface area contributed by atoms with Crippen LogP contribution in [0.5, 0.6) is 0 Å². The number of rotatable bonds is 4. The van der Waals surface area contributed by atoms with Gasteiger partial charge in [-0.1, -0.05) is 12.1 Å². The van der Waals surface area contributed by atoms with Crippen molar-refractivity contribution in [2.24, 2.45) is 0 Å². The first kappa shape index (κ1) is 14.4. The van der Waals surface area contributed by atoms with Gasteiger partial charge in [0.05, 0.1) is 17.9 Å². The summed E-state index contributed by atoms with van der Waals surface area (Å²) in [7, 11) is -2.02. The third-order valence-corrected chi connectivity index (χ3v) is 4.88. The zero-order valence-electron chi connectivity index (χ0n) is 11.5. The first-order valence-corrected chi connectivity index (χ1v) is 7.75. The van der Waals surface area contributed by atoms with Gasteiger partial charge in [-0.25, -0.2) is 9.10 Å². The summed E-state index contributed by atoms with van der Waals surface area (Å²) in [5.41, 5.74) is 1.28. The van der Waals surface area contributed by atoms with Gasteiger partial charge in [-0.05, 0) is 19.1 Å². The van der Waals surface area contributed by atoms with Crippen LogP contribution in [0.3, 0.4) is 0 Å². The molecule has 1 aliphatic rings. The zero-order valence-corrected chi connectivity index (χ0v) is 12.3. The van der Waals surface area contributed by atoms with Crippen LogP contribution in [-0.2, 0) is 10.2 Å². The Labute approximate surface area is 118 Å². The SMILES string of the molecule is CCNC(=O)NCCN1c2ccccc2N(C)S1(=O)=O. The lowest BCUT2D eigenvalue weighted by Crippen LogP contribution is -2.43. The highest BCUT2D eigenvalue weighted by Gasteiger charge is 2.37. The van der Waals surface area contributed by atoms with E-state index < -0.39 is 10.2 Å². The molecule has 0 saturated carbocycles. The molecule has 0 saturated heterocycles. The fraction of sp³-hybridized carbons (Fsp3) is 0.417. The molecule has 1 heterocycles. The lowest BCUT2D eigenvalue weighted by molar-refractivity contribution is 0.241. The molecule has 20 heavy (non-hydrogen) atoms. The van der Waals surface area contributed by atoms with E-state index in [4.69, 9.17) is 0 Å². The number of carbonyl (C=O) groups excluding carboxylic acids is 1. The molecule has 1 aromatic rings. The van der Waals surface area contributed by atoms with E-state index in [1.165, 1.54) is 15.7 Å². The Morgan fingerprint density at radius 3 is 2.50 bits per heavy atom. The van der Waals surface area contributed by atoms with Crippen molar-refractivity contribution in [2.45, 2.75) is 6.92 Å². The molecule has 1 aromatic carbocycles. The first-order chi connectivity index (χ1) is 9.48. The van der Waals surface area contributed by atoms with Crippen molar-refractivity contribution in [1.82, 2.24) is 10.6 Å². The van der Waals surface area contributed by atoms with Crippen molar-refractivity contribution in [3.8, 4) is 0 Å². The maximum Gasteiger partial charge on any atom is 0.326 e. The lowest BCUT2D eigenvalue weighted by Gasteiger charge is -2.19. The predicted molar refractivity (Wildman–Crippen MR) is 78.2 cm³/mol. The molecular weight excluding hydrogens is 280 g/mol. The second kappa shape index (κ2) is 5.58. The van der Waals surface area contributed by atoms with E-state index in [9.17, 15) is 13.2 Å². The van der Waals surface area contributed by atoms with Gasteiger partial charge in [-0.15, -0.1) is 0 Å². The van der Waals surface area contributed by atoms with Gasteiger partial charge in [0.15, 0.2) is 0 Å². The number of nitrogens with one attached hydrogen (secondary N) is 2. The minimum absolute atomic E-state index is 0.195. The molecule has 0 radical (unpaired) electrons. The average Bonchev–Trinajstić information content (AvgIpc) is 2.60. The van der Waals surface area contributed by atoms with Crippen LogP contribution in [-0.4, -0.2) is 41.1 Å². The van der Waals surface area contributed by atoms with Gasteiger partial charge in [-0.2, -0.15) is 8.42 Å². The van der Waals surface area contributed by atoms with Crippen molar-refractivity contribution in [3.05, 3.63) is 24.3 Å². The highest BCUT2D eigenvalue weighted by molar-refractivity contribution is 7.94. The summed E-state index contributed by atoms with van der Waals surface area (Å²) in [4.78, 5) is 11.3. The maximum absolute atomic E-state index is 12.3. The molecule has 2 amide bonds. The van der Waals surface area contributed by atoms with E-state index in [2.05, 4.69) is 10.6 Å². The molecule has 0 unspecified atom stereocenters. The van der Waals surface area contributed by atoms with Crippen LogP contribution in [0.25, 0.3) is 0 Å². The number of para-hydroxylation sites is 2. The number of hydrogen-bond donors (Lipinski definition) is 2. The van der Waals surface area contributed by atoms with Gasteiger partial charge in [0, 0.05) is 20.1 Å². The Morgan fingerprint density at radius 1 is 1.20 bits per heavy atom. The summed E-state index contributed by atoms with van der Waals surface area (Å²) in [6, 6.07) is 6.79. The highest BCUT2D eigenvalue weighted by Crippen LogP contribution is 2.38. The lowest BCUT2D eigenvalue weighted by atomic mass is 10.2. The van der Waals surface area contributed by atoms with E-state index in [0.29, 0.717) is 17.9 Å². The van der Waals surface area contributed by atoms with E-state index in [1.54, 1.807) is 24.3 Å². The van der Waals surface area contributed by atoms with Gasteiger partial charge in [-0.3, -0.25) is 4.31 Å². The number of fused-ring (bicyclic) bond motifs is 1. The average molecular weight is 298 g/mol. The Hall–Kier alpha value is -1.96. The molecule has 0 aromatic heterocycles. The van der Waals surface area contributed by atoms with Gasteiger partial charge >= 0.3 is 16.2 Å². The smallest absolute Gasteiger partial charge is 0.326 e. The van der Waals surface area contributed by atoms with Gasteiger partial charge in [0.1, 0.15) is 0 Å². The van der Waals surface area contributed by atoms with Crippen molar-refractivity contribution < 1.29 is 13.2 Å². The zero-order chi connectivity index (χ0) is 14.8. The molecule has 2 N–H and O–H groups in total. The van der Waals surface area contributed by atoms with Crippen LogP contribution in [0, 0.1) is 0 Å². The minimum atomic E-state index is -3.54. The van der Waals surface area contributed by atoms with Gasteiger partial charge in [0.2, 0.25) is 0 Å². The van der Waals surface area contributed by atoms with Crippen LogP contribution >= 0.6 is 0 Å². The van der Waals surface area contributed by atoms with Gasteiger partial charge in [0.25, 0.3) is 0 Å². The molecule has 2 rings (SSSR count). The number of amides is 2. The molecule has 0 fully saturated rings. The second-order valence-electron chi connectivity index (χ2n) is 4.32. The monoisotopic (exact) mass is 298 g/mol. The van der Waals surface area contributed by atoms with Crippen LogP contribution in [0.15, 0.2) is 24.3 Å². The Kier molecular flexibility index (Phi) is 4.03. The van der Waals surface area contributed by atoms with E-state index >= 15 is 0 Å². The Bertz CT molecular complexity index is 602. The maximum atomic E-state index is 12.3. The number of nitrogens with zero attached hydrogens (tertiary/aromatic N) is 2. The number of hydrogen-bond acceptors (Lipinski definition) is 3. The quantitative estimate of drug-likeness (QED) is 0.849. The molecule has 0 spiro atoms. The molecule has 1 aliphatic heterocycles. The molecule has 0 bridgehead atoms. The molecule has 8 heteroatoms. The molecule has 0 aliphatic carbocycles. The van der Waals surface area contributed by atoms with Crippen molar-refractivity contribution in [2.75, 3.05) is 35.3 Å². The summed E-state index contributed by atoms with van der Waals surface area (Å²) < 4.78 is 27.1. The Balaban J connectivity index is 2.09. The number of urea groups is 1. The normalized spacial score (nSPS) is 15.9. The first-order valence-electron chi connectivity index (χ1n) is 6.35. The molecule has 0 atom stereocenters. The van der Waals surface area contributed by atoms with E-state index in [-0.39, 0.29) is 19.1 Å². The minimum Gasteiger partial charge on any atom is -0.338 e. The van der Waals surface area contributed by atoms with Crippen LogP contribution in [0.4, 0.5) is 16.2 Å². The van der Waals surface area contributed by atoms with Crippen molar-refractivity contribution in [3.63, 3.8) is 0 Å². The van der Waals surface area contributed by atoms with Gasteiger partial charge < -0.3 is 10.6 Å². The summed E-state index contributed by atoms with van der Waals surface area (Å²) in [5, 5.41) is 5.21. The topological polar surface area (TPSA) is 81.8 Å². The third-order valence-electron chi connectivity index (χ3n) is 3.05. The van der Waals surface area contributed by atoms with Crippen molar-refractivity contribution in [1.29, 1.82) is 0 Å². The third kappa shape index (κ3) is 2.51. The van der Waals surface area contributed by atoms with Crippen LogP contribution in [0.1, 0.15) is 6.92 Å². The standard InChI is InChI=1S/C12H18N4O3S/c1-3-13-12(17)14-8-9-16-11-7-5-4-6-10(11)15(2)20(16,18)19/h4-7H,3,8-9H2,1-2H3,(H2,13,14,17). The number of carbonyl (C=O) groups is 1. The number of anilines is 2. The van der Waals surface area contributed by atoms with Crippen molar-refractivity contribution >= 4 is 27.6 Å². The molecule has 7 nitrogen and oxygen atoms in total.